The Morgan fingerprint density at radius 3 is 1.74 bits per heavy atom. The summed E-state index contributed by atoms with van der Waals surface area (Å²) in [5.41, 5.74) is 10.4. The van der Waals surface area contributed by atoms with Crippen LogP contribution in [-0.4, -0.2) is 19.8 Å². The van der Waals surface area contributed by atoms with Crippen LogP contribution in [-0.2, 0) is 0 Å². The topological polar surface area (TPSA) is 47.1 Å². The minimum absolute atomic E-state index is 0.0555. The van der Waals surface area contributed by atoms with Crippen molar-refractivity contribution in [2.75, 3.05) is 0 Å². The maximum atomic E-state index is 5.23. The molecular formula is C45H33N5. The molecular weight excluding hydrogens is 611 g/mol. The highest BCUT2D eigenvalue weighted by molar-refractivity contribution is 6.23. The predicted molar refractivity (Wildman–Crippen MR) is 206 cm³/mol. The highest BCUT2D eigenvalue weighted by Crippen LogP contribution is 2.41. The Bertz CT molecular complexity index is 2690. The van der Waals surface area contributed by atoms with Crippen molar-refractivity contribution in [3.8, 4) is 11.5 Å². The minimum Gasteiger partial charge on any atom is -0.307 e. The molecule has 5 heteroatoms. The largest absolute Gasteiger partial charge is 0.307 e. The number of hydrogen-bond acceptors (Lipinski definition) is 3. The van der Waals surface area contributed by atoms with Crippen LogP contribution in [0.3, 0.4) is 0 Å². The minimum atomic E-state index is -0.143. The van der Waals surface area contributed by atoms with Crippen LogP contribution < -0.4 is 5.32 Å². The average molecular weight is 644 g/mol. The first-order valence-electron chi connectivity index (χ1n) is 17.2. The van der Waals surface area contributed by atoms with Gasteiger partial charge in [-0.05, 0) is 47.0 Å². The van der Waals surface area contributed by atoms with Gasteiger partial charge in [-0.1, -0.05) is 133 Å². The van der Waals surface area contributed by atoms with E-state index in [9.17, 15) is 0 Å². The number of nitrogens with one attached hydrogen (secondary N) is 1. The molecule has 1 aliphatic rings. The molecule has 4 heterocycles. The van der Waals surface area contributed by atoms with Crippen molar-refractivity contribution in [2.45, 2.75) is 18.6 Å². The molecule has 6 aromatic carbocycles. The molecule has 238 valence electrons. The summed E-state index contributed by atoms with van der Waals surface area (Å²) in [4.78, 5) is 10.4. The summed E-state index contributed by atoms with van der Waals surface area (Å²) in [6.45, 7) is 0. The van der Waals surface area contributed by atoms with Crippen molar-refractivity contribution in [3.63, 3.8) is 0 Å². The summed E-state index contributed by atoms with van der Waals surface area (Å²) >= 11 is 0. The Kier molecular flexibility index (Phi) is 6.71. The molecule has 0 amide bonds. The number of para-hydroxylation sites is 3. The van der Waals surface area contributed by atoms with Gasteiger partial charge in [0.15, 0.2) is 0 Å². The van der Waals surface area contributed by atoms with Crippen LogP contribution in [0.15, 0.2) is 175 Å². The van der Waals surface area contributed by atoms with E-state index in [1.54, 1.807) is 0 Å². The van der Waals surface area contributed by atoms with Gasteiger partial charge in [0.05, 0.1) is 22.1 Å². The zero-order valence-electron chi connectivity index (χ0n) is 27.3. The van der Waals surface area contributed by atoms with Crippen molar-refractivity contribution in [1.29, 1.82) is 0 Å². The lowest BCUT2D eigenvalue weighted by atomic mass is 9.95. The van der Waals surface area contributed by atoms with Crippen LogP contribution in [0.1, 0.15) is 35.3 Å². The smallest absolute Gasteiger partial charge is 0.137 e. The number of hydrogen-bond donors (Lipinski definition) is 1. The van der Waals surface area contributed by atoms with Crippen LogP contribution in [0.4, 0.5) is 0 Å². The normalized spacial score (nSPS) is 16.4. The second-order valence-corrected chi connectivity index (χ2v) is 13.0. The molecule has 0 saturated carbocycles. The first-order chi connectivity index (χ1) is 24.8. The standard InChI is InChI=1S/C45H33N5/c1-4-14-30(15-5-1)38-28-39(48-45(47-38)31-16-6-2-7-17-31)32-24-27-42(46-29-32)50-41-23-13-11-21-35(41)37-26-25-36-34-20-10-12-22-40(34)49(43(36)44(37)50)33-18-8-3-9-19-33/h1-27,29,39,45,48H,28H2. The van der Waals surface area contributed by atoms with Crippen LogP contribution in [0.5, 0.6) is 0 Å². The maximum absolute atomic E-state index is 5.23. The number of rotatable bonds is 5. The summed E-state index contributed by atoms with van der Waals surface area (Å²) in [5.74, 6) is 0.893. The van der Waals surface area contributed by atoms with Crippen molar-refractivity contribution in [1.82, 2.24) is 19.4 Å². The van der Waals surface area contributed by atoms with Crippen molar-refractivity contribution >= 4 is 49.3 Å². The second kappa shape index (κ2) is 11.7. The molecule has 0 fully saturated rings. The van der Waals surface area contributed by atoms with Gasteiger partial charge in [-0.25, -0.2) is 4.98 Å². The fraction of sp³-hybridized carbons (Fsp3) is 0.0667. The highest BCUT2D eigenvalue weighted by atomic mass is 15.1. The lowest BCUT2D eigenvalue weighted by molar-refractivity contribution is 0.441. The first kappa shape index (κ1) is 28.7. The lowest BCUT2D eigenvalue weighted by Gasteiger charge is -2.30. The van der Waals surface area contributed by atoms with Crippen LogP contribution >= 0.6 is 0 Å². The molecule has 0 aliphatic carbocycles. The van der Waals surface area contributed by atoms with Crippen LogP contribution in [0.2, 0.25) is 0 Å². The Morgan fingerprint density at radius 1 is 0.500 bits per heavy atom. The van der Waals surface area contributed by atoms with Gasteiger partial charge < -0.3 is 4.57 Å². The molecule has 0 bridgehead atoms. The third-order valence-corrected chi connectivity index (χ3v) is 10.1. The van der Waals surface area contributed by atoms with Gasteiger partial charge in [-0.15, -0.1) is 0 Å². The van der Waals surface area contributed by atoms with Crippen molar-refractivity contribution < 1.29 is 0 Å². The number of benzene rings is 6. The number of aromatic nitrogens is 3. The number of pyridine rings is 1. The summed E-state index contributed by atoms with van der Waals surface area (Å²) in [6, 6.07) is 58.2. The van der Waals surface area contributed by atoms with Gasteiger partial charge in [0.1, 0.15) is 12.0 Å². The van der Waals surface area contributed by atoms with E-state index in [0.717, 1.165) is 51.4 Å². The Labute approximate surface area is 289 Å². The van der Waals surface area contributed by atoms with Gasteiger partial charge in [0, 0.05) is 51.6 Å². The Morgan fingerprint density at radius 2 is 1.08 bits per heavy atom. The number of nitrogens with zero attached hydrogens (tertiary/aromatic N) is 4. The molecule has 1 aliphatic heterocycles. The third kappa shape index (κ3) is 4.59. The number of aliphatic imine (C=N–C) groups is 1. The van der Waals surface area contributed by atoms with Gasteiger partial charge in [0.25, 0.3) is 0 Å². The fourth-order valence-corrected chi connectivity index (χ4v) is 7.85. The first-order valence-corrected chi connectivity index (χ1v) is 17.2. The monoisotopic (exact) mass is 643 g/mol. The van der Waals surface area contributed by atoms with Crippen LogP contribution in [0, 0.1) is 0 Å². The van der Waals surface area contributed by atoms with E-state index < -0.39 is 0 Å². The molecule has 3 aromatic heterocycles. The quantitative estimate of drug-likeness (QED) is 0.203. The van der Waals surface area contributed by atoms with E-state index in [1.165, 1.54) is 32.6 Å². The Hall–Kier alpha value is -6.30. The summed E-state index contributed by atoms with van der Waals surface area (Å²) in [7, 11) is 0. The third-order valence-electron chi connectivity index (χ3n) is 10.1. The summed E-state index contributed by atoms with van der Waals surface area (Å²) in [6.07, 6.45) is 2.69. The van der Waals surface area contributed by atoms with E-state index in [2.05, 4.69) is 184 Å². The number of fused-ring (bicyclic) bond motifs is 7. The predicted octanol–water partition coefficient (Wildman–Crippen LogP) is 10.5. The summed E-state index contributed by atoms with van der Waals surface area (Å²) < 4.78 is 4.77. The van der Waals surface area contributed by atoms with Crippen LogP contribution in [0.25, 0.3) is 55.1 Å². The molecule has 5 nitrogen and oxygen atoms in total. The van der Waals surface area contributed by atoms with E-state index in [-0.39, 0.29) is 12.2 Å². The second-order valence-electron chi connectivity index (χ2n) is 13.0. The zero-order chi connectivity index (χ0) is 33.0. The molecule has 0 saturated heterocycles. The molecule has 2 atom stereocenters. The SMILES string of the molecule is c1ccc(C2=NC(c3ccccc3)NC(c3ccc(-n4c5ccccc5c5ccc6c7ccccc7n(-c7ccccc7)c6c54)nc3)C2)cc1. The fourth-order valence-electron chi connectivity index (χ4n) is 7.85. The lowest BCUT2D eigenvalue weighted by Crippen LogP contribution is -2.33. The maximum Gasteiger partial charge on any atom is 0.137 e. The molecule has 10 rings (SSSR count). The van der Waals surface area contributed by atoms with E-state index in [1.807, 2.05) is 0 Å². The highest BCUT2D eigenvalue weighted by Gasteiger charge is 2.27. The van der Waals surface area contributed by atoms with Crippen molar-refractivity contribution in [2.24, 2.45) is 4.99 Å². The van der Waals surface area contributed by atoms with E-state index >= 15 is 0 Å². The van der Waals surface area contributed by atoms with Gasteiger partial charge >= 0.3 is 0 Å². The van der Waals surface area contributed by atoms with Gasteiger partial charge in [-0.2, -0.15) is 0 Å². The van der Waals surface area contributed by atoms with Gasteiger partial charge in [0.2, 0.25) is 0 Å². The molecule has 0 radical (unpaired) electrons. The van der Waals surface area contributed by atoms with E-state index in [0.29, 0.717) is 0 Å². The molecule has 0 spiro atoms. The molecule has 1 N–H and O–H groups in total. The molecule has 9 aromatic rings. The van der Waals surface area contributed by atoms with Crippen molar-refractivity contribution in [3.05, 3.63) is 187 Å². The van der Waals surface area contributed by atoms with E-state index in [4.69, 9.17) is 9.98 Å². The summed E-state index contributed by atoms with van der Waals surface area (Å²) in [5, 5.41) is 8.71. The molecule has 2 unspecified atom stereocenters. The average Bonchev–Trinajstić information content (AvgIpc) is 3.72. The zero-order valence-corrected chi connectivity index (χ0v) is 27.3. The van der Waals surface area contributed by atoms with Gasteiger partial charge in [-0.3, -0.25) is 14.9 Å². The molecule has 50 heavy (non-hydrogen) atoms. The Balaban J connectivity index is 1.15.